The SMILES string of the molecule is O=C(c1ccc2c(c1)OCO2)N1C2CCC1CC(O)(c1cccnc1F)C2. The van der Waals surface area contributed by atoms with Gasteiger partial charge in [0, 0.05) is 42.2 Å². The van der Waals surface area contributed by atoms with Gasteiger partial charge in [0.25, 0.3) is 5.91 Å². The number of aromatic nitrogens is 1. The topological polar surface area (TPSA) is 71.9 Å². The molecule has 1 aromatic heterocycles. The smallest absolute Gasteiger partial charge is 0.254 e. The van der Waals surface area contributed by atoms with Crippen molar-refractivity contribution in [2.24, 2.45) is 0 Å². The second kappa shape index (κ2) is 5.92. The number of hydrogen-bond donors (Lipinski definition) is 1. The van der Waals surface area contributed by atoms with Crippen LogP contribution in [0.4, 0.5) is 4.39 Å². The van der Waals surface area contributed by atoms with E-state index < -0.39 is 11.5 Å². The molecule has 0 aliphatic carbocycles. The number of piperidine rings is 1. The molecule has 2 saturated heterocycles. The van der Waals surface area contributed by atoms with Crippen LogP contribution in [0.1, 0.15) is 41.6 Å². The highest BCUT2D eigenvalue weighted by atomic mass is 19.1. The summed E-state index contributed by atoms with van der Waals surface area (Å²) in [5, 5.41) is 11.1. The van der Waals surface area contributed by atoms with Gasteiger partial charge in [0.15, 0.2) is 11.5 Å². The molecule has 1 aromatic carbocycles. The number of halogens is 1. The molecule has 4 heterocycles. The summed E-state index contributed by atoms with van der Waals surface area (Å²) < 4.78 is 24.8. The second-order valence-electron chi connectivity index (χ2n) is 7.45. The molecule has 0 spiro atoms. The van der Waals surface area contributed by atoms with Gasteiger partial charge < -0.3 is 19.5 Å². The highest BCUT2D eigenvalue weighted by Gasteiger charge is 2.51. The lowest BCUT2D eigenvalue weighted by molar-refractivity contribution is -0.0504. The summed E-state index contributed by atoms with van der Waals surface area (Å²) >= 11 is 0. The minimum absolute atomic E-state index is 0.0884. The number of fused-ring (bicyclic) bond motifs is 3. The van der Waals surface area contributed by atoms with Gasteiger partial charge in [0.1, 0.15) is 0 Å². The third-order valence-corrected chi connectivity index (χ3v) is 5.88. The van der Waals surface area contributed by atoms with Crippen LogP contribution in [-0.2, 0) is 5.60 Å². The van der Waals surface area contributed by atoms with Gasteiger partial charge in [-0.1, -0.05) is 6.07 Å². The lowest BCUT2D eigenvalue weighted by Crippen LogP contribution is -2.52. The molecule has 6 nitrogen and oxygen atoms in total. The Labute approximate surface area is 155 Å². The minimum atomic E-state index is -1.30. The first kappa shape index (κ1) is 16.5. The number of nitrogens with zero attached hydrogens (tertiary/aromatic N) is 2. The third kappa shape index (κ3) is 2.56. The standard InChI is InChI=1S/C20H19FN2O4/c21-18-15(2-1-7-22-18)20(25)9-13-4-5-14(10-20)23(13)19(24)12-3-6-16-17(8-12)27-11-26-16/h1-3,6-8,13-14,25H,4-5,9-11H2. The molecule has 2 unspecified atom stereocenters. The first-order valence-electron chi connectivity index (χ1n) is 9.11. The highest BCUT2D eigenvalue weighted by molar-refractivity contribution is 5.95. The lowest BCUT2D eigenvalue weighted by atomic mass is 9.80. The van der Waals surface area contributed by atoms with Crippen LogP contribution >= 0.6 is 0 Å². The van der Waals surface area contributed by atoms with Crippen molar-refractivity contribution in [2.75, 3.05) is 6.79 Å². The Balaban J connectivity index is 1.42. The lowest BCUT2D eigenvalue weighted by Gasteiger charge is -2.44. The molecule has 140 valence electrons. The van der Waals surface area contributed by atoms with Crippen LogP contribution in [0.15, 0.2) is 36.5 Å². The number of hydrogen-bond acceptors (Lipinski definition) is 5. The fourth-order valence-corrected chi connectivity index (χ4v) is 4.69. The van der Waals surface area contributed by atoms with Crippen molar-refractivity contribution in [3.05, 3.63) is 53.6 Å². The van der Waals surface area contributed by atoms with Crippen LogP contribution in [0.25, 0.3) is 0 Å². The van der Waals surface area contributed by atoms with Gasteiger partial charge in [-0.05, 0) is 37.1 Å². The maximum Gasteiger partial charge on any atom is 0.254 e. The normalized spacial score (nSPS) is 28.4. The predicted molar refractivity (Wildman–Crippen MR) is 92.9 cm³/mol. The largest absolute Gasteiger partial charge is 0.454 e. The van der Waals surface area contributed by atoms with Crippen LogP contribution in [0.2, 0.25) is 0 Å². The summed E-state index contributed by atoms with van der Waals surface area (Å²) in [6, 6.07) is 8.11. The van der Waals surface area contributed by atoms with E-state index in [1.54, 1.807) is 30.3 Å². The number of rotatable bonds is 2. The van der Waals surface area contributed by atoms with Gasteiger partial charge in [0.05, 0.1) is 5.60 Å². The van der Waals surface area contributed by atoms with Crippen molar-refractivity contribution in [3.8, 4) is 11.5 Å². The maximum atomic E-state index is 14.2. The molecule has 7 heteroatoms. The minimum Gasteiger partial charge on any atom is -0.454 e. The van der Waals surface area contributed by atoms with Gasteiger partial charge >= 0.3 is 0 Å². The molecule has 2 bridgehead atoms. The number of benzene rings is 1. The van der Waals surface area contributed by atoms with E-state index in [0.717, 1.165) is 12.8 Å². The van der Waals surface area contributed by atoms with Crippen molar-refractivity contribution in [1.82, 2.24) is 9.88 Å². The zero-order valence-electron chi connectivity index (χ0n) is 14.6. The summed E-state index contributed by atoms with van der Waals surface area (Å²) in [4.78, 5) is 18.7. The van der Waals surface area contributed by atoms with E-state index in [0.29, 0.717) is 29.9 Å². The molecule has 1 amide bonds. The summed E-state index contributed by atoms with van der Waals surface area (Å²) in [7, 11) is 0. The van der Waals surface area contributed by atoms with Gasteiger partial charge in [-0.2, -0.15) is 4.39 Å². The summed E-state index contributed by atoms with van der Waals surface area (Å²) in [6.45, 7) is 0.158. The predicted octanol–water partition coefficient (Wildman–Crippen LogP) is 2.60. The van der Waals surface area contributed by atoms with Crippen LogP contribution in [-0.4, -0.2) is 39.8 Å². The number of ether oxygens (including phenoxy) is 2. The van der Waals surface area contributed by atoms with E-state index in [1.165, 1.54) is 6.20 Å². The Morgan fingerprint density at radius 3 is 2.67 bits per heavy atom. The Hall–Kier alpha value is -2.67. The molecule has 3 aliphatic rings. The summed E-state index contributed by atoms with van der Waals surface area (Å²) in [6.07, 6.45) is 3.58. The van der Waals surface area contributed by atoms with E-state index in [4.69, 9.17) is 9.47 Å². The van der Waals surface area contributed by atoms with Crippen molar-refractivity contribution in [2.45, 2.75) is 43.4 Å². The Morgan fingerprint density at radius 2 is 1.93 bits per heavy atom. The van der Waals surface area contributed by atoms with Crippen LogP contribution in [0.5, 0.6) is 11.5 Å². The fourth-order valence-electron chi connectivity index (χ4n) is 4.69. The molecule has 0 radical (unpaired) electrons. The molecule has 2 aromatic rings. The van der Waals surface area contributed by atoms with Gasteiger partial charge in [-0.3, -0.25) is 4.79 Å². The zero-order chi connectivity index (χ0) is 18.6. The number of pyridine rings is 1. The van der Waals surface area contributed by atoms with E-state index in [1.807, 2.05) is 4.90 Å². The second-order valence-corrected chi connectivity index (χ2v) is 7.45. The molecule has 3 aliphatic heterocycles. The first-order chi connectivity index (χ1) is 13.0. The van der Waals surface area contributed by atoms with Crippen LogP contribution < -0.4 is 9.47 Å². The van der Waals surface area contributed by atoms with Gasteiger partial charge in [0.2, 0.25) is 12.7 Å². The maximum absolute atomic E-state index is 14.2. The van der Waals surface area contributed by atoms with Crippen molar-refractivity contribution in [1.29, 1.82) is 0 Å². The van der Waals surface area contributed by atoms with Gasteiger partial charge in [-0.25, -0.2) is 4.98 Å². The Kier molecular flexibility index (Phi) is 3.62. The molecular weight excluding hydrogens is 351 g/mol. The number of carbonyl (C=O) groups excluding carboxylic acids is 1. The number of carbonyl (C=O) groups is 1. The van der Waals surface area contributed by atoms with Crippen molar-refractivity contribution in [3.63, 3.8) is 0 Å². The molecule has 2 atom stereocenters. The van der Waals surface area contributed by atoms with Crippen molar-refractivity contribution >= 4 is 5.91 Å². The van der Waals surface area contributed by atoms with Crippen LogP contribution in [0, 0.1) is 5.95 Å². The van der Waals surface area contributed by atoms with E-state index >= 15 is 0 Å². The number of aliphatic hydroxyl groups is 1. The quantitative estimate of drug-likeness (QED) is 0.823. The molecule has 1 N–H and O–H groups in total. The summed E-state index contributed by atoms with van der Waals surface area (Å²) in [5.74, 6) is 0.471. The highest BCUT2D eigenvalue weighted by Crippen LogP contribution is 2.47. The molecule has 2 fully saturated rings. The average Bonchev–Trinajstić information content (AvgIpc) is 3.23. The van der Waals surface area contributed by atoms with Crippen molar-refractivity contribution < 1.29 is 23.8 Å². The van der Waals surface area contributed by atoms with E-state index in [9.17, 15) is 14.3 Å². The Morgan fingerprint density at radius 1 is 1.19 bits per heavy atom. The summed E-state index contributed by atoms with van der Waals surface area (Å²) in [5.41, 5.74) is -0.540. The number of amides is 1. The molecular formula is C20H19FN2O4. The average molecular weight is 370 g/mol. The van der Waals surface area contributed by atoms with Crippen LogP contribution in [0.3, 0.4) is 0 Å². The Bertz CT molecular complexity index is 905. The first-order valence-corrected chi connectivity index (χ1v) is 9.11. The molecule has 0 saturated carbocycles. The molecule has 27 heavy (non-hydrogen) atoms. The van der Waals surface area contributed by atoms with E-state index in [-0.39, 0.29) is 30.3 Å². The van der Waals surface area contributed by atoms with E-state index in [2.05, 4.69) is 4.98 Å². The fraction of sp³-hybridized carbons (Fsp3) is 0.400. The van der Waals surface area contributed by atoms with Gasteiger partial charge in [-0.15, -0.1) is 0 Å². The zero-order valence-corrected chi connectivity index (χ0v) is 14.6. The third-order valence-electron chi connectivity index (χ3n) is 5.88. The monoisotopic (exact) mass is 370 g/mol. The molecule has 5 rings (SSSR count).